The van der Waals surface area contributed by atoms with E-state index in [1.54, 1.807) is 38.3 Å². The van der Waals surface area contributed by atoms with Gasteiger partial charge in [-0.1, -0.05) is 26.0 Å². The highest BCUT2D eigenvalue weighted by molar-refractivity contribution is 5.78. The first-order valence-corrected chi connectivity index (χ1v) is 7.35. The molecule has 0 aromatic heterocycles. The molecule has 2 atom stereocenters. The van der Waals surface area contributed by atoms with Crippen molar-refractivity contribution in [1.29, 1.82) is 0 Å². The van der Waals surface area contributed by atoms with Crippen LogP contribution in [0.2, 0.25) is 0 Å². The number of nitrogens with one attached hydrogen (secondary N) is 1. The molecule has 21 heavy (non-hydrogen) atoms. The lowest BCUT2D eigenvalue weighted by Gasteiger charge is -2.23. The Hall–Kier alpha value is -1.59. The minimum absolute atomic E-state index is 0.0706. The number of carbonyl (C=O) groups excluding carboxylic acids is 1. The van der Waals surface area contributed by atoms with E-state index in [0.717, 1.165) is 24.4 Å². The summed E-state index contributed by atoms with van der Waals surface area (Å²) in [7, 11) is 1.60. The molecule has 1 aromatic carbocycles. The minimum atomic E-state index is -0.739. The molecule has 5 heteroatoms. The fourth-order valence-electron chi connectivity index (χ4n) is 2.12. The third kappa shape index (κ3) is 5.36. The third-order valence-corrected chi connectivity index (χ3v) is 3.58. The van der Waals surface area contributed by atoms with Gasteiger partial charge in [-0.3, -0.25) is 9.69 Å². The molecule has 0 bridgehead atoms. The summed E-state index contributed by atoms with van der Waals surface area (Å²) < 4.78 is 5.09. The van der Waals surface area contributed by atoms with E-state index in [0.29, 0.717) is 6.54 Å². The van der Waals surface area contributed by atoms with Gasteiger partial charge in [0.05, 0.1) is 25.8 Å². The van der Waals surface area contributed by atoms with E-state index < -0.39 is 6.10 Å². The van der Waals surface area contributed by atoms with E-state index in [-0.39, 0.29) is 11.9 Å². The molecule has 0 fully saturated rings. The second-order valence-corrected chi connectivity index (χ2v) is 5.04. The Morgan fingerprint density at radius 1 is 1.29 bits per heavy atom. The number of nitrogens with zero attached hydrogens (tertiary/aromatic N) is 1. The molecule has 0 aliphatic carbocycles. The van der Waals surface area contributed by atoms with E-state index in [1.165, 1.54) is 0 Å². The minimum Gasteiger partial charge on any atom is -0.497 e. The molecular formula is C16H26N2O3. The Bertz CT molecular complexity index is 430. The van der Waals surface area contributed by atoms with Gasteiger partial charge in [-0.05, 0) is 37.7 Å². The Labute approximate surface area is 126 Å². The second kappa shape index (κ2) is 8.64. The molecule has 0 aliphatic rings. The summed E-state index contributed by atoms with van der Waals surface area (Å²) in [6.45, 7) is 7.86. The van der Waals surface area contributed by atoms with Gasteiger partial charge in [-0.25, -0.2) is 0 Å². The summed E-state index contributed by atoms with van der Waals surface area (Å²) in [4.78, 5) is 14.0. The highest BCUT2D eigenvalue weighted by Crippen LogP contribution is 2.20. The zero-order chi connectivity index (χ0) is 15.8. The van der Waals surface area contributed by atoms with E-state index in [2.05, 4.69) is 5.32 Å². The van der Waals surface area contributed by atoms with Crippen LogP contribution < -0.4 is 10.1 Å². The van der Waals surface area contributed by atoms with Crippen molar-refractivity contribution in [1.82, 2.24) is 10.2 Å². The molecule has 2 unspecified atom stereocenters. The maximum absolute atomic E-state index is 11.9. The Morgan fingerprint density at radius 3 is 2.33 bits per heavy atom. The van der Waals surface area contributed by atoms with Gasteiger partial charge in [0.2, 0.25) is 5.91 Å². The molecule has 0 saturated heterocycles. The van der Waals surface area contributed by atoms with E-state index in [1.807, 2.05) is 18.7 Å². The van der Waals surface area contributed by atoms with Crippen LogP contribution in [-0.2, 0) is 4.79 Å². The zero-order valence-electron chi connectivity index (χ0n) is 13.3. The largest absolute Gasteiger partial charge is 0.497 e. The monoisotopic (exact) mass is 294 g/mol. The quantitative estimate of drug-likeness (QED) is 0.764. The summed E-state index contributed by atoms with van der Waals surface area (Å²) >= 11 is 0. The fourth-order valence-corrected chi connectivity index (χ4v) is 2.12. The smallest absolute Gasteiger partial charge is 0.234 e. The maximum atomic E-state index is 11.9. The van der Waals surface area contributed by atoms with Crippen LogP contribution in [0.15, 0.2) is 24.3 Å². The van der Waals surface area contributed by atoms with Crippen molar-refractivity contribution in [2.45, 2.75) is 32.9 Å². The molecule has 0 radical (unpaired) electrons. The fraction of sp³-hybridized carbons (Fsp3) is 0.562. The number of amides is 1. The van der Waals surface area contributed by atoms with Crippen molar-refractivity contribution in [3.63, 3.8) is 0 Å². The molecule has 0 heterocycles. The predicted octanol–water partition coefficient (Wildman–Crippen LogP) is 1.58. The van der Waals surface area contributed by atoms with Crippen molar-refractivity contribution in [3.8, 4) is 5.75 Å². The van der Waals surface area contributed by atoms with Gasteiger partial charge in [0.15, 0.2) is 0 Å². The molecule has 118 valence electrons. The van der Waals surface area contributed by atoms with Gasteiger partial charge in [-0.2, -0.15) is 0 Å². The Balaban J connectivity index is 2.56. The molecule has 2 N–H and O–H groups in total. The van der Waals surface area contributed by atoms with Crippen molar-refractivity contribution < 1.29 is 14.6 Å². The first kappa shape index (κ1) is 17.5. The predicted molar refractivity (Wildman–Crippen MR) is 83.3 cm³/mol. The van der Waals surface area contributed by atoms with Crippen LogP contribution in [0.4, 0.5) is 0 Å². The highest BCUT2D eigenvalue weighted by atomic mass is 16.5. The average Bonchev–Trinajstić information content (AvgIpc) is 2.51. The lowest BCUT2D eigenvalue weighted by atomic mass is 10.0. The molecule has 1 aromatic rings. The van der Waals surface area contributed by atoms with Crippen LogP contribution in [-0.4, -0.2) is 48.7 Å². The van der Waals surface area contributed by atoms with Crippen molar-refractivity contribution in [2.75, 3.05) is 26.7 Å². The lowest BCUT2D eigenvalue weighted by Crippen LogP contribution is -2.43. The van der Waals surface area contributed by atoms with Gasteiger partial charge in [-0.15, -0.1) is 0 Å². The highest BCUT2D eigenvalue weighted by Gasteiger charge is 2.19. The molecule has 0 saturated carbocycles. The van der Waals surface area contributed by atoms with Crippen LogP contribution in [0.25, 0.3) is 0 Å². The summed E-state index contributed by atoms with van der Waals surface area (Å²) in [5.41, 5.74) is 0.756. The van der Waals surface area contributed by atoms with Crippen LogP contribution in [0.5, 0.6) is 5.75 Å². The first-order valence-electron chi connectivity index (χ1n) is 7.35. The number of hydrogen-bond acceptors (Lipinski definition) is 4. The van der Waals surface area contributed by atoms with Crippen LogP contribution in [0.1, 0.15) is 32.4 Å². The normalized spacial score (nSPS) is 13.8. The number of likely N-dealkylation sites (N-methyl/N-ethyl adjacent to an activating group) is 1. The standard InChI is InChI=1S/C16H26N2O3/c1-5-18(6-2)11-15(19)17-12(3)16(20)13-7-9-14(21-4)10-8-13/h7-10,12,16,20H,5-6,11H2,1-4H3,(H,17,19). The number of rotatable bonds is 8. The topological polar surface area (TPSA) is 61.8 Å². The van der Waals surface area contributed by atoms with Gasteiger partial charge in [0.1, 0.15) is 5.75 Å². The van der Waals surface area contributed by atoms with Gasteiger partial charge < -0.3 is 15.2 Å². The summed E-state index contributed by atoms with van der Waals surface area (Å²) in [6, 6.07) is 6.85. The number of aliphatic hydroxyl groups excluding tert-OH is 1. The lowest BCUT2D eigenvalue weighted by molar-refractivity contribution is -0.123. The second-order valence-electron chi connectivity index (χ2n) is 5.04. The summed E-state index contributed by atoms with van der Waals surface area (Å²) in [5.74, 6) is 0.669. The van der Waals surface area contributed by atoms with Crippen LogP contribution in [0.3, 0.4) is 0 Å². The van der Waals surface area contributed by atoms with Crippen molar-refractivity contribution in [2.24, 2.45) is 0 Å². The number of benzene rings is 1. The SMILES string of the molecule is CCN(CC)CC(=O)NC(C)C(O)c1ccc(OC)cc1. The molecule has 0 spiro atoms. The maximum Gasteiger partial charge on any atom is 0.234 e. The molecule has 1 amide bonds. The third-order valence-electron chi connectivity index (χ3n) is 3.58. The number of methoxy groups -OCH3 is 1. The summed E-state index contributed by atoms with van der Waals surface area (Å²) in [6.07, 6.45) is -0.739. The molecule has 1 rings (SSSR count). The van der Waals surface area contributed by atoms with Crippen molar-refractivity contribution in [3.05, 3.63) is 29.8 Å². The molecule has 5 nitrogen and oxygen atoms in total. The van der Waals surface area contributed by atoms with E-state index in [4.69, 9.17) is 4.74 Å². The Kier molecular flexibility index (Phi) is 7.19. The molecular weight excluding hydrogens is 268 g/mol. The number of aliphatic hydroxyl groups is 1. The molecule has 0 aliphatic heterocycles. The van der Waals surface area contributed by atoms with Gasteiger partial charge in [0, 0.05) is 0 Å². The average molecular weight is 294 g/mol. The van der Waals surface area contributed by atoms with E-state index in [9.17, 15) is 9.90 Å². The Morgan fingerprint density at radius 2 is 1.86 bits per heavy atom. The number of ether oxygens (including phenoxy) is 1. The number of hydrogen-bond donors (Lipinski definition) is 2. The van der Waals surface area contributed by atoms with E-state index >= 15 is 0 Å². The van der Waals surface area contributed by atoms with Crippen LogP contribution in [0, 0.1) is 0 Å². The van der Waals surface area contributed by atoms with Crippen LogP contribution >= 0.6 is 0 Å². The zero-order valence-corrected chi connectivity index (χ0v) is 13.3. The first-order chi connectivity index (χ1) is 10.0. The summed E-state index contributed by atoms with van der Waals surface area (Å²) in [5, 5.41) is 13.1. The van der Waals surface area contributed by atoms with Gasteiger partial charge >= 0.3 is 0 Å². The number of carbonyl (C=O) groups is 1. The van der Waals surface area contributed by atoms with Gasteiger partial charge in [0.25, 0.3) is 0 Å². The van der Waals surface area contributed by atoms with Crippen molar-refractivity contribution >= 4 is 5.91 Å².